The second-order valence-corrected chi connectivity index (χ2v) is 20.4. The molecular weight excluding hydrogens is 890 g/mol. The van der Waals surface area contributed by atoms with E-state index in [1.165, 1.54) is 27.2 Å². The van der Waals surface area contributed by atoms with Crippen LogP contribution in [0.1, 0.15) is 78.6 Å². The van der Waals surface area contributed by atoms with Crippen molar-refractivity contribution >= 4 is 39.9 Å². The van der Waals surface area contributed by atoms with Crippen molar-refractivity contribution in [3.63, 3.8) is 0 Å². The van der Waals surface area contributed by atoms with Crippen molar-refractivity contribution in [3.05, 3.63) is 0 Å². The fraction of sp³-hybridized carbons (Fsp3) is 0.897. The minimum atomic E-state index is -3.80. The van der Waals surface area contributed by atoms with Crippen molar-refractivity contribution < 1.29 is 92.1 Å². The number of rotatable bonds is 24. The molecule has 4 rings (SSSR count). The number of aliphatic hydroxyl groups excluding tert-OH is 6. The van der Waals surface area contributed by atoms with Crippen LogP contribution in [0.5, 0.6) is 0 Å². The molecule has 12 unspecified atom stereocenters. The summed E-state index contributed by atoms with van der Waals surface area (Å²) in [5, 5.41) is 65.5. The van der Waals surface area contributed by atoms with Crippen molar-refractivity contribution in [2.45, 2.75) is 164 Å². The number of carbonyl (C=O) groups excluding carboxylic acids is 4. The summed E-state index contributed by atoms with van der Waals surface area (Å²) >= 11 is 0. The number of likely N-dealkylation sites (tertiary alicyclic amines) is 2. The summed E-state index contributed by atoms with van der Waals surface area (Å²) in [6.45, 7) is 6.89. The molecule has 0 aliphatic carbocycles. The summed E-state index contributed by atoms with van der Waals surface area (Å²) < 4.78 is 40.5. The Hall–Kier alpha value is -1.86. The number of aliphatic hydroxyl groups is 6. The van der Waals surface area contributed by atoms with E-state index in [0.29, 0.717) is 44.9 Å². The van der Waals surface area contributed by atoms with Crippen LogP contribution in [0.2, 0.25) is 0 Å². The van der Waals surface area contributed by atoms with Gasteiger partial charge in [0.15, 0.2) is 0 Å². The molecule has 0 radical (unpaired) electrons. The molecule has 4 heterocycles. The molecule has 0 bridgehead atoms. The third-order valence-corrected chi connectivity index (χ3v) is 13.8. The topological polar surface area (TPSA) is 325 Å². The molecule has 0 aromatic rings. The summed E-state index contributed by atoms with van der Waals surface area (Å²) in [4.78, 5) is 75.0. The molecular formula is C39H72N4O19P2. The van der Waals surface area contributed by atoms with E-state index < -0.39 is 121 Å². The quantitative estimate of drug-likeness (QED) is 0.0359. The predicted octanol–water partition coefficient (Wildman–Crippen LogP) is -2.30. The van der Waals surface area contributed by atoms with Crippen LogP contribution in [0.15, 0.2) is 0 Å². The average Bonchev–Trinajstić information content (AvgIpc) is 3.84. The molecule has 4 aliphatic heterocycles. The number of nitrogens with one attached hydrogen (secondary N) is 2. The Labute approximate surface area is 375 Å². The van der Waals surface area contributed by atoms with Gasteiger partial charge in [0, 0.05) is 13.8 Å². The Morgan fingerprint density at radius 1 is 0.734 bits per heavy atom. The number of carbonyl (C=O) groups is 4. The number of nitrogens with zero attached hydrogens (tertiary/aromatic N) is 2. The second-order valence-electron chi connectivity index (χ2n) is 16.9. The second kappa shape index (κ2) is 26.0. The molecule has 15 atom stereocenters. The van der Waals surface area contributed by atoms with Crippen LogP contribution >= 0.6 is 16.3 Å². The van der Waals surface area contributed by atoms with Gasteiger partial charge < -0.3 is 41.3 Å². The summed E-state index contributed by atoms with van der Waals surface area (Å²) in [7, 11) is -5.52. The van der Waals surface area contributed by atoms with E-state index in [-0.39, 0.29) is 63.6 Å². The van der Waals surface area contributed by atoms with Gasteiger partial charge in [0.05, 0.1) is 13.2 Å². The van der Waals surface area contributed by atoms with E-state index >= 15 is 0 Å². The van der Waals surface area contributed by atoms with E-state index in [0.717, 1.165) is 0 Å². The molecule has 23 nitrogen and oxygen atoms in total. The Morgan fingerprint density at radius 3 is 1.62 bits per heavy atom. The van der Waals surface area contributed by atoms with Gasteiger partial charge in [0.2, 0.25) is 11.8 Å². The Bertz CT molecular complexity index is 1490. The number of unbranched alkanes of at least 4 members (excludes halogenated alkanes) is 2. The smallest absolute Gasteiger partial charge is 0.394 e. The van der Waals surface area contributed by atoms with Gasteiger partial charge in [-0.05, 0) is 0 Å². The van der Waals surface area contributed by atoms with Gasteiger partial charge >= 0.3 is 250 Å². The number of ether oxygens (including phenoxy) is 4. The van der Waals surface area contributed by atoms with Crippen molar-refractivity contribution in [2.75, 3.05) is 59.5 Å². The maximum atomic E-state index is 13.5. The monoisotopic (exact) mass is 962 g/mol. The third kappa shape index (κ3) is 15.9. The van der Waals surface area contributed by atoms with Crippen LogP contribution < -0.4 is 10.6 Å². The van der Waals surface area contributed by atoms with Gasteiger partial charge in [-0.15, -0.1) is 0 Å². The zero-order chi connectivity index (χ0) is 47.3. The van der Waals surface area contributed by atoms with Crippen LogP contribution in [0.3, 0.4) is 0 Å². The van der Waals surface area contributed by atoms with E-state index in [4.69, 9.17) is 32.5 Å². The Morgan fingerprint density at radius 2 is 1.19 bits per heavy atom. The third-order valence-electron chi connectivity index (χ3n) is 11.7. The first-order valence-corrected chi connectivity index (χ1v) is 26.0. The van der Waals surface area contributed by atoms with Crippen molar-refractivity contribution in [2.24, 2.45) is 0 Å². The first-order valence-electron chi connectivity index (χ1n) is 22.0. The molecule has 25 heteroatoms. The van der Waals surface area contributed by atoms with Gasteiger partial charge in [-0.2, -0.15) is 0 Å². The SMILES string of the molecule is CC[C@@H]1C[C@@H](O[PH](C)(O)OC[C@@H]2CC(OP(C)O)CN2C(=O)CCCCOC2OC(CO)C(O)C(O)C2NC(C)=O)CN1C(=O)CCCCOC1OC(CO)C(O)C(O)C1NC(C)=O. The van der Waals surface area contributed by atoms with Crippen LogP contribution in [0.4, 0.5) is 0 Å². The van der Waals surface area contributed by atoms with E-state index in [9.17, 15) is 59.6 Å². The fourth-order valence-electron chi connectivity index (χ4n) is 8.54. The van der Waals surface area contributed by atoms with Gasteiger partial charge in [0.1, 0.15) is 36.6 Å². The number of hydrogen-bond acceptors (Lipinski definition) is 19. The molecule has 0 aromatic carbocycles. The van der Waals surface area contributed by atoms with Crippen LogP contribution in [0.25, 0.3) is 0 Å². The zero-order valence-corrected chi connectivity index (χ0v) is 39.2. The van der Waals surface area contributed by atoms with Crippen LogP contribution in [-0.4, -0.2) is 219 Å². The Kier molecular flexibility index (Phi) is 22.3. The molecule has 0 spiro atoms. The van der Waals surface area contributed by atoms with Gasteiger partial charge in [-0.3, -0.25) is 9.59 Å². The Balaban J connectivity index is 1.22. The normalized spacial score (nSPS) is 34.1. The first-order chi connectivity index (χ1) is 30.3. The molecule has 64 heavy (non-hydrogen) atoms. The molecule has 10 N–H and O–H groups in total. The maximum absolute atomic E-state index is 13.5. The average molecular weight is 963 g/mol. The van der Waals surface area contributed by atoms with E-state index in [1.807, 2.05) is 6.92 Å². The molecule has 0 saturated carbocycles. The minimum absolute atomic E-state index is 0.0585. The molecule has 4 aliphatic rings. The summed E-state index contributed by atoms with van der Waals surface area (Å²) in [5.74, 6) is -1.26. The molecule has 4 saturated heterocycles. The summed E-state index contributed by atoms with van der Waals surface area (Å²) in [6, 6.07) is -2.77. The molecule has 372 valence electrons. The van der Waals surface area contributed by atoms with Crippen LogP contribution in [0, 0.1) is 0 Å². The fourth-order valence-corrected chi connectivity index (χ4v) is 10.5. The van der Waals surface area contributed by atoms with Crippen LogP contribution in [-0.2, 0) is 51.7 Å². The van der Waals surface area contributed by atoms with E-state index in [2.05, 4.69) is 10.6 Å². The zero-order valence-electron chi connectivity index (χ0n) is 37.3. The first kappa shape index (κ1) is 54.7. The van der Waals surface area contributed by atoms with Crippen molar-refractivity contribution in [1.82, 2.24) is 20.4 Å². The summed E-state index contributed by atoms with van der Waals surface area (Å²) in [6.07, 6.45) is -7.75. The minimum Gasteiger partial charge on any atom is -0.394 e. The van der Waals surface area contributed by atoms with E-state index in [1.54, 1.807) is 9.80 Å². The summed E-state index contributed by atoms with van der Waals surface area (Å²) in [5.41, 5.74) is 0. The van der Waals surface area contributed by atoms with Crippen molar-refractivity contribution in [1.29, 1.82) is 0 Å². The standard InChI is InChI=1S/C39H72N4O19P2/c1-6-24-15-27(18-42(24)30(48)11-7-9-13-56-38-32(40-22(2)46)36(52)34(50)28(19-44)59-38)62-64(5,55)58-21-25-16-26(61-63(4)54)17-43(25)31(49)12-8-10-14-57-39-33(41-23(3)47)37(53)35(51)29(20-45)60-39/h24-29,32-39,44-45,50-55,64H,6-21H2,1-5H3,(H,40,46)(H,41,47)/t24-,25+,26?,27-,28?,29?,32?,33?,34?,35?,36?,37?,38?,39?,63?/m1/s1. The molecule has 0 aromatic heterocycles. The predicted molar refractivity (Wildman–Crippen MR) is 228 cm³/mol. The van der Waals surface area contributed by atoms with Gasteiger partial charge in [-0.1, -0.05) is 0 Å². The molecule has 4 fully saturated rings. The number of hydrogen-bond donors (Lipinski definition) is 10. The number of amides is 4. The molecule has 4 amide bonds. The van der Waals surface area contributed by atoms with Gasteiger partial charge in [0.25, 0.3) is 0 Å². The van der Waals surface area contributed by atoms with Crippen molar-refractivity contribution in [3.8, 4) is 0 Å². The van der Waals surface area contributed by atoms with Gasteiger partial charge in [-0.25, -0.2) is 0 Å².